The van der Waals surface area contributed by atoms with Gasteiger partial charge in [0.1, 0.15) is 12.4 Å². The van der Waals surface area contributed by atoms with E-state index in [9.17, 15) is 19.5 Å². The van der Waals surface area contributed by atoms with E-state index in [4.69, 9.17) is 17.4 Å². The molecule has 0 bridgehead atoms. The van der Waals surface area contributed by atoms with E-state index < -0.39 is 35.2 Å². The van der Waals surface area contributed by atoms with Gasteiger partial charge in [-0.25, -0.2) is 20.0 Å². The molecule has 2 aliphatic heterocycles. The highest BCUT2D eigenvalue weighted by Gasteiger charge is 2.46. The summed E-state index contributed by atoms with van der Waals surface area (Å²) < 4.78 is 15.1. The monoisotopic (exact) mass is 647 g/mol. The molecule has 1 fully saturated rings. The molecular formula is C33H35ClFN7O4. The van der Waals surface area contributed by atoms with Crippen LogP contribution in [0.5, 0.6) is 0 Å². The summed E-state index contributed by atoms with van der Waals surface area (Å²) in [7, 11) is 0. The molecule has 11 nitrogen and oxygen atoms in total. The number of fused-ring (bicyclic) bond motifs is 1. The zero-order valence-electron chi connectivity index (χ0n) is 25.4. The van der Waals surface area contributed by atoms with Gasteiger partial charge < -0.3 is 31.0 Å². The number of benzene rings is 3. The van der Waals surface area contributed by atoms with E-state index in [0.717, 1.165) is 37.4 Å². The molecule has 1 atom stereocenters. The fourth-order valence-electron chi connectivity index (χ4n) is 6.01. The number of hydrogen-bond acceptors (Lipinski definition) is 7. The summed E-state index contributed by atoms with van der Waals surface area (Å²) in [5.74, 6) is 2.43. The van der Waals surface area contributed by atoms with Crippen molar-refractivity contribution >= 4 is 58.9 Å². The number of aliphatic imine (C=N–C) groups is 1. The predicted octanol–water partition coefficient (Wildman–Crippen LogP) is 4.27. The van der Waals surface area contributed by atoms with Crippen LogP contribution in [0.4, 0.5) is 21.5 Å². The van der Waals surface area contributed by atoms with Gasteiger partial charge in [-0.05, 0) is 79.9 Å². The summed E-state index contributed by atoms with van der Waals surface area (Å²) in [4.78, 5) is 47.6. The van der Waals surface area contributed by atoms with Gasteiger partial charge in [0, 0.05) is 54.7 Å². The maximum atomic E-state index is 15.1. The maximum absolute atomic E-state index is 15.1. The van der Waals surface area contributed by atoms with Crippen molar-refractivity contribution in [1.29, 1.82) is 0 Å². The van der Waals surface area contributed by atoms with Crippen LogP contribution >= 0.6 is 11.6 Å². The molecule has 5 rings (SSSR count). The minimum atomic E-state index is -1.09. The summed E-state index contributed by atoms with van der Waals surface area (Å²) >= 11 is 6.04. The molecule has 6 N–H and O–H groups in total. The number of aromatic carboxylic acids is 1. The van der Waals surface area contributed by atoms with E-state index in [-0.39, 0.29) is 21.8 Å². The first kappa shape index (κ1) is 32.6. The highest BCUT2D eigenvalue weighted by atomic mass is 35.5. The quantitative estimate of drug-likeness (QED) is 0.0799. The zero-order valence-corrected chi connectivity index (χ0v) is 26.1. The third-order valence-corrected chi connectivity index (χ3v) is 8.42. The van der Waals surface area contributed by atoms with Gasteiger partial charge in [0.2, 0.25) is 5.91 Å². The molecule has 2 amide bonds. The first-order valence-electron chi connectivity index (χ1n) is 14.7. The van der Waals surface area contributed by atoms with Gasteiger partial charge in [-0.2, -0.15) is 0 Å². The lowest BCUT2D eigenvalue weighted by atomic mass is 9.79. The fraction of sp³-hybridized carbons (Fsp3) is 0.273. The number of carboxylic acid groups (broad SMARTS) is 1. The standard InChI is InChI=1S/C33H35ClFN7O4/c1-33(2)18-24-22(4-3-5-27(24)41-16-14-37-15-17-41)30(31(44)40-21-8-6-20(7-9-21)32(45)46)42(33)28(43)13-10-23-26(38-19-39-36)12-11-25(34)29(23)35/h3-13,19,30,37H,14-18,36H2,1-2H3,(H,38,39)(H,40,44)(H,45,46)/b13-10+. The number of carbonyl (C=O) groups is 3. The largest absolute Gasteiger partial charge is 0.478 e. The van der Waals surface area contributed by atoms with Crippen molar-refractivity contribution in [3.63, 3.8) is 0 Å². The summed E-state index contributed by atoms with van der Waals surface area (Å²) in [6.45, 7) is 7.02. The number of amides is 2. The van der Waals surface area contributed by atoms with Crippen LogP contribution in [0.15, 0.2) is 65.7 Å². The zero-order chi connectivity index (χ0) is 33.0. The average Bonchev–Trinajstić information content (AvgIpc) is 3.04. The van der Waals surface area contributed by atoms with Crippen LogP contribution < -0.4 is 26.8 Å². The number of hydrogen-bond donors (Lipinski definition) is 5. The third-order valence-electron chi connectivity index (χ3n) is 8.13. The Morgan fingerprint density at radius 3 is 2.50 bits per heavy atom. The van der Waals surface area contributed by atoms with Gasteiger partial charge in [0.25, 0.3) is 5.91 Å². The van der Waals surface area contributed by atoms with Crippen LogP contribution in [0.3, 0.4) is 0 Å². The minimum absolute atomic E-state index is 0.0249. The Bertz CT molecular complexity index is 1700. The van der Waals surface area contributed by atoms with Gasteiger partial charge in [0.15, 0.2) is 5.82 Å². The van der Waals surface area contributed by atoms with Crippen molar-refractivity contribution in [2.24, 2.45) is 10.8 Å². The lowest BCUT2D eigenvalue weighted by Crippen LogP contribution is -2.56. The number of carbonyl (C=O) groups excluding carboxylic acids is 2. The van der Waals surface area contributed by atoms with Gasteiger partial charge in [-0.15, -0.1) is 0 Å². The Kier molecular flexibility index (Phi) is 9.71. The van der Waals surface area contributed by atoms with Crippen molar-refractivity contribution < 1.29 is 23.9 Å². The SMILES string of the molecule is CC1(C)Cc2c(cccc2N2CCNCC2)C(C(=O)Nc2ccc(C(=O)O)cc2)N1C(=O)/C=C/c1c(N=CNN)ccc(Cl)c1F. The van der Waals surface area contributed by atoms with Crippen LogP contribution in [0.2, 0.25) is 5.02 Å². The van der Waals surface area contributed by atoms with Gasteiger partial charge in [-0.1, -0.05) is 23.7 Å². The molecule has 3 aromatic carbocycles. The number of halogens is 2. The second-order valence-electron chi connectivity index (χ2n) is 11.6. The number of anilines is 2. The molecule has 240 valence electrons. The number of nitrogens with one attached hydrogen (secondary N) is 3. The molecule has 1 unspecified atom stereocenters. The second kappa shape index (κ2) is 13.7. The van der Waals surface area contributed by atoms with Gasteiger partial charge in [0.05, 0.1) is 16.3 Å². The number of nitrogens with zero attached hydrogens (tertiary/aromatic N) is 3. The summed E-state index contributed by atoms with van der Waals surface area (Å²) in [6.07, 6.45) is 4.13. The Balaban J connectivity index is 1.58. The maximum Gasteiger partial charge on any atom is 0.335 e. The van der Waals surface area contributed by atoms with Crippen LogP contribution in [-0.2, 0) is 16.0 Å². The summed E-state index contributed by atoms with van der Waals surface area (Å²) in [5, 5.41) is 15.4. The van der Waals surface area contributed by atoms with Crippen molar-refractivity contribution in [3.8, 4) is 0 Å². The Labute approximate surface area is 270 Å². The van der Waals surface area contributed by atoms with Gasteiger partial charge in [-0.3, -0.25) is 9.59 Å². The van der Waals surface area contributed by atoms with Crippen molar-refractivity contribution in [2.75, 3.05) is 36.4 Å². The first-order valence-corrected chi connectivity index (χ1v) is 15.1. The molecule has 1 saturated heterocycles. The average molecular weight is 648 g/mol. The Morgan fingerprint density at radius 2 is 1.83 bits per heavy atom. The molecule has 3 aromatic rings. The number of nitrogens with two attached hydrogens (primary N) is 1. The van der Waals surface area contributed by atoms with Gasteiger partial charge >= 0.3 is 5.97 Å². The van der Waals surface area contributed by atoms with Crippen LogP contribution in [0.1, 0.15) is 46.9 Å². The lowest BCUT2D eigenvalue weighted by molar-refractivity contribution is -0.142. The highest BCUT2D eigenvalue weighted by Crippen LogP contribution is 2.43. The van der Waals surface area contributed by atoms with Crippen LogP contribution in [-0.4, -0.2) is 65.8 Å². The van der Waals surface area contributed by atoms with Crippen molar-refractivity contribution in [2.45, 2.75) is 31.8 Å². The first-order chi connectivity index (χ1) is 22.0. The van der Waals surface area contributed by atoms with Crippen LogP contribution in [0.25, 0.3) is 6.08 Å². The van der Waals surface area contributed by atoms with E-state index in [2.05, 4.69) is 26.0 Å². The topological polar surface area (TPSA) is 152 Å². The molecule has 0 aliphatic carbocycles. The molecule has 13 heteroatoms. The minimum Gasteiger partial charge on any atom is -0.478 e. The van der Waals surface area contributed by atoms with E-state index in [1.807, 2.05) is 32.0 Å². The van der Waals surface area contributed by atoms with E-state index in [1.165, 1.54) is 59.8 Å². The second-order valence-corrected chi connectivity index (χ2v) is 12.0. The highest BCUT2D eigenvalue weighted by molar-refractivity contribution is 6.31. The summed E-state index contributed by atoms with van der Waals surface area (Å²) in [5.41, 5.74) is 4.66. The number of carboxylic acids is 1. The summed E-state index contributed by atoms with van der Waals surface area (Å²) in [6, 6.07) is 13.3. The smallest absolute Gasteiger partial charge is 0.335 e. The normalized spacial score (nSPS) is 17.6. The van der Waals surface area contributed by atoms with Crippen molar-refractivity contribution in [3.05, 3.63) is 93.8 Å². The fourth-order valence-corrected chi connectivity index (χ4v) is 6.17. The van der Waals surface area contributed by atoms with E-state index in [0.29, 0.717) is 17.7 Å². The molecule has 0 spiro atoms. The molecular weight excluding hydrogens is 613 g/mol. The Morgan fingerprint density at radius 1 is 1.11 bits per heavy atom. The third kappa shape index (κ3) is 6.74. The predicted molar refractivity (Wildman–Crippen MR) is 177 cm³/mol. The number of hydrazine groups is 1. The molecule has 2 heterocycles. The lowest BCUT2D eigenvalue weighted by Gasteiger charge is -2.48. The van der Waals surface area contributed by atoms with E-state index in [1.54, 1.807) is 0 Å². The van der Waals surface area contributed by atoms with Crippen molar-refractivity contribution in [1.82, 2.24) is 15.6 Å². The van der Waals surface area contributed by atoms with E-state index >= 15 is 4.39 Å². The number of rotatable bonds is 8. The molecule has 0 radical (unpaired) electrons. The molecule has 0 saturated carbocycles. The van der Waals surface area contributed by atoms with Crippen LogP contribution in [0, 0.1) is 5.82 Å². The molecule has 2 aliphatic rings. The molecule has 46 heavy (non-hydrogen) atoms. The molecule has 0 aromatic heterocycles. The Hall–Kier alpha value is -4.78. The number of piperazine rings is 1.